The molecule has 0 aromatic rings. The second-order valence-corrected chi connectivity index (χ2v) is 2.46. The maximum absolute atomic E-state index is 11.4. The number of hydrogen-bond donors (Lipinski definition) is 1. The first kappa shape index (κ1) is 10.8. The van der Waals surface area contributed by atoms with Gasteiger partial charge in [-0.3, -0.25) is 0 Å². The van der Waals surface area contributed by atoms with E-state index in [9.17, 15) is 8.78 Å². The van der Waals surface area contributed by atoms with Crippen LogP contribution in [0.15, 0.2) is 0 Å². The van der Waals surface area contributed by atoms with Crippen LogP contribution in [0.25, 0.3) is 0 Å². The van der Waals surface area contributed by atoms with Crippen molar-refractivity contribution in [3.63, 3.8) is 0 Å². The van der Waals surface area contributed by atoms with Gasteiger partial charge in [0.05, 0.1) is 6.61 Å². The lowest BCUT2D eigenvalue weighted by atomic mass is 10.2. The molecule has 1 unspecified atom stereocenters. The Hall–Kier alpha value is -0.220. The summed E-state index contributed by atoms with van der Waals surface area (Å²) in [6, 6.07) is 0.372. The van der Waals surface area contributed by atoms with Crippen molar-refractivity contribution in [2.45, 2.75) is 32.4 Å². The van der Waals surface area contributed by atoms with Crippen LogP contribution in [0.2, 0.25) is 0 Å². The molecule has 68 valence electrons. The maximum Gasteiger partial charge on any atom is 0.345 e. The third kappa shape index (κ3) is 7.68. The number of nitrogens with one attached hydrogen (secondary N) is 1. The molecule has 0 aliphatic rings. The van der Waals surface area contributed by atoms with Crippen molar-refractivity contribution in [1.82, 2.24) is 5.32 Å². The lowest BCUT2D eigenvalue weighted by Gasteiger charge is -2.08. The SMILES string of the molecule is CNC(C)CCCOC(F)F. The van der Waals surface area contributed by atoms with Gasteiger partial charge in [0.2, 0.25) is 0 Å². The number of halogens is 2. The standard InChI is InChI=1S/C7H15F2NO/c1-6(10-2)4-3-5-11-7(8)9/h6-7,10H,3-5H2,1-2H3. The van der Waals surface area contributed by atoms with E-state index in [1.165, 1.54) is 0 Å². The first-order chi connectivity index (χ1) is 5.16. The predicted octanol–water partition coefficient (Wildman–Crippen LogP) is 1.61. The fraction of sp³-hybridized carbons (Fsp3) is 1.00. The van der Waals surface area contributed by atoms with Gasteiger partial charge in [0.15, 0.2) is 0 Å². The highest BCUT2D eigenvalue weighted by Crippen LogP contribution is 2.00. The largest absolute Gasteiger partial charge is 0.345 e. The first-order valence-corrected chi connectivity index (χ1v) is 3.74. The molecule has 4 heteroatoms. The summed E-state index contributed by atoms with van der Waals surface area (Å²) in [6.45, 7) is -0.480. The molecule has 0 radical (unpaired) electrons. The molecule has 0 aromatic heterocycles. The zero-order valence-corrected chi connectivity index (χ0v) is 6.94. The Morgan fingerprint density at radius 2 is 2.09 bits per heavy atom. The third-order valence-corrected chi connectivity index (χ3v) is 1.52. The zero-order chi connectivity index (χ0) is 8.69. The van der Waals surface area contributed by atoms with Gasteiger partial charge < -0.3 is 10.1 Å². The summed E-state index contributed by atoms with van der Waals surface area (Å²) >= 11 is 0. The molecule has 0 aliphatic heterocycles. The minimum absolute atomic E-state index is 0.143. The zero-order valence-electron chi connectivity index (χ0n) is 6.94. The summed E-state index contributed by atoms with van der Waals surface area (Å²) < 4.78 is 26.9. The van der Waals surface area contributed by atoms with Crippen molar-refractivity contribution in [2.24, 2.45) is 0 Å². The fourth-order valence-corrected chi connectivity index (χ4v) is 0.706. The predicted molar refractivity (Wildman–Crippen MR) is 39.7 cm³/mol. The molecule has 0 saturated heterocycles. The molecule has 0 fully saturated rings. The molecule has 2 nitrogen and oxygen atoms in total. The Kier molecular flexibility index (Phi) is 6.36. The van der Waals surface area contributed by atoms with Gasteiger partial charge in [-0.05, 0) is 26.8 Å². The van der Waals surface area contributed by atoms with Crippen molar-refractivity contribution >= 4 is 0 Å². The Labute approximate surface area is 65.9 Å². The van der Waals surface area contributed by atoms with E-state index in [1.807, 2.05) is 14.0 Å². The Morgan fingerprint density at radius 1 is 1.45 bits per heavy atom. The van der Waals surface area contributed by atoms with E-state index in [4.69, 9.17) is 0 Å². The second-order valence-electron chi connectivity index (χ2n) is 2.46. The van der Waals surface area contributed by atoms with E-state index in [1.54, 1.807) is 0 Å². The van der Waals surface area contributed by atoms with E-state index < -0.39 is 6.61 Å². The average molecular weight is 167 g/mol. The fourth-order valence-electron chi connectivity index (χ4n) is 0.706. The van der Waals surface area contributed by atoms with Crippen LogP contribution in [-0.4, -0.2) is 26.3 Å². The third-order valence-electron chi connectivity index (χ3n) is 1.52. The molecule has 0 spiro atoms. The minimum atomic E-state index is -2.63. The van der Waals surface area contributed by atoms with Crippen LogP contribution in [0.4, 0.5) is 8.78 Å². The molecule has 0 heterocycles. The van der Waals surface area contributed by atoms with Gasteiger partial charge in [-0.15, -0.1) is 0 Å². The molecule has 0 aromatic carbocycles. The van der Waals surface area contributed by atoms with Gasteiger partial charge in [0, 0.05) is 6.04 Å². The van der Waals surface area contributed by atoms with Gasteiger partial charge in [-0.2, -0.15) is 8.78 Å². The summed E-state index contributed by atoms with van der Waals surface area (Å²) in [7, 11) is 1.85. The lowest BCUT2D eigenvalue weighted by Crippen LogP contribution is -2.21. The van der Waals surface area contributed by atoms with Gasteiger partial charge in [0.25, 0.3) is 0 Å². The highest BCUT2D eigenvalue weighted by atomic mass is 19.3. The minimum Gasteiger partial charge on any atom is -0.323 e. The van der Waals surface area contributed by atoms with Crippen molar-refractivity contribution < 1.29 is 13.5 Å². The van der Waals surface area contributed by atoms with Gasteiger partial charge in [-0.1, -0.05) is 0 Å². The van der Waals surface area contributed by atoms with E-state index in [0.29, 0.717) is 12.5 Å². The topological polar surface area (TPSA) is 21.3 Å². The molecular formula is C7H15F2NO. The Balaban J connectivity index is 3.01. The summed E-state index contributed by atoms with van der Waals surface area (Å²) in [5, 5.41) is 3.01. The molecule has 1 N–H and O–H groups in total. The summed E-state index contributed by atoms with van der Waals surface area (Å²) in [5.74, 6) is 0. The molecule has 0 bridgehead atoms. The van der Waals surface area contributed by atoms with Crippen LogP contribution in [-0.2, 0) is 4.74 Å². The lowest BCUT2D eigenvalue weighted by molar-refractivity contribution is -0.129. The van der Waals surface area contributed by atoms with Crippen molar-refractivity contribution in [3.8, 4) is 0 Å². The average Bonchev–Trinajstić information content (AvgIpc) is 1.97. The van der Waals surface area contributed by atoms with Crippen LogP contribution in [0.3, 0.4) is 0 Å². The van der Waals surface area contributed by atoms with Crippen LogP contribution in [0.5, 0.6) is 0 Å². The summed E-state index contributed by atoms with van der Waals surface area (Å²) in [5.41, 5.74) is 0. The van der Waals surface area contributed by atoms with Crippen LogP contribution in [0, 0.1) is 0 Å². The van der Waals surface area contributed by atoms with Crippen LogP contribution < -0.4 is 5.32 Å². The molecule has 0 rings (SSSR count). The van der Waals surface area contributed by atoms with Crippen molar-refractivity contribution in [1.29, 1.82) is 0 Å². The van der Waals surface area contributed by atoms with Gasteiger partial charge in [0.1, 0.15) is 0 Å². The first-order valence-electron chi connectivity index (χ1n) is 3.74. The molecule has 0 aliphatic carbocycles. The number of rotatable bonds is 6. The molecule has 0 saturated carbocycles. The summed E-state index contributed by atoms with van der Waals surface area (Å²) in [4.78, 5) is 0. The number of ether oxygens (including phenoxy) is 1. The number of hydrogen-bond acceptors (Lipinski definition) is 2. The van der Waals surface area contributed by atoms with E-state index in [0.717, 1.165) is 6.42 Å². The van der Waals surface area contributed by atoms with Crippen LogP contribution >= 0.6 is 0 Å². The van der Waals surface area contributed by atoms with Crippen molar-refractivity contribution in [2.75, 3.05) is 13.7 Å². The Bertz CT molecular complexity index is 90.5. The Morgan fingerprint density at radius 3 is 2.55 bits per heavy atom. The van der Waals surface area contributed by atoms with Gasteiger partial charge >= 0.3 is 6.61 Å². The molecule has 11 heavy (non-hydrogen) atoms. The molecular weight excluding hydrogens is 152 g/mol. The molecule has 1 atom stereocenters. The second kappa shape index (κ2) is 6.49. The molecule has 0 amide bonds. The normalized spacial score (nSPS) is 13.9. The van der Waals surface area contributed by atoms with E-state index in [-0.39, 0.29) is 6.61 Å². The maximum atomic E-state index is 11.4. The highest BCUT2D eigenvalue weighted by Gasteiger charge is 2.01. The van der Waals surface area contributed by atoms with Crippen molar-refractivity contribution in [3.05, 3.63) is 0 Å². The van der Waals surface area contributed by atoms with Gasteiger partial charge in [-0.25, -0.2) is 0 Å². The smallest absolute Gasteiger partial charge is 0.323 e. The monoisotopic (exact) mass is 167 g/mol. The van der Waals surface area contributed by atoms with E-state index >= 15 is 0 Å². The number of alkyl halides is 2. The van der Waals surface area contributed by atoms with E-state index in [2.05, 4.69) is 10.1 Å². The summed E-state index contributed by atoms with van der Waals surface area (Å²) in [6.07, 6.45) is 1.54. The highest BCUT2D eigenvalue weighted by molar-refractivity contribution is 4.55. The van der Waals surface area contributed by atoms with Crippen LogP contribution in [0.1, 0.15) is 19.8 Å². The quantitative estimate of drug-likeness (QED) is 0.607.